The van der Waals surface area contributed by atoms with Crippen LogP contribution in [0.1, 0.15) is 12.0 Å². The van der Waals surface area contributed by atoms with Gasteiger partial charge < -0.3 is 4.90 Å². The number of nitrogens with one attached hydrogen (secondary N) is 1. The lowest BCUT2D eigenvalue weighted by atomic mass is 10.2. The van der Waals surface area contributed by atoms with E-state index in [-0.39, 0.29) is 5.75 Å². The van der Waals surface area contributed by atoms with Crippen LogP contribution in [0.2, 0.25) is 10.0 Å². The smallest absolute Gasteiger partial charge is 0.215 e. The SMILES string of the molecule is CN(CCCNS(=O)(=O)Cc1ccc(Cl)c(Cl)c1)c1ccccc1. The Morgan fingerprint density at radius 2 is 1.75 bits per heavy atom. The minimum atomic E-state index is -3.40. The van der Waals surface area contributed by atoms with Crippen LogP contribution < -0.4 is 9.62 Å². The molecule has 4 nitrogen and oxygen atoms in total. The number of benzene rings is 2. The molecular formula is C17H20Cl2N2O2S. The normalized spacial score (nSPS) is 11.5. The topological polar surface area (TPSA) is 49.4 Å². The van der Waals surface area contributed by atoms with E-state index < -0.39 is 10.0 Å². The van der Waals surface area contributed by atoms with E-state index in [0.717, 1.165) is 12.2 Å². The van der Waals surface area contributed by atoms with Crippen molar-refractivity contribution in [3.63, 3.8) is 0 Å². The van der Waals surface area contributed by atoms with Crippen LogP contribution in [-0.4, -0.2) is 28.6 Å². The second-order valence-corrected chi connectivity index (χ2v) is 8.13. The molecule has 0 unspecified atom stereocenters. The molecule has 2 aromatic carbocycles. The summed E-state index contributed by atoms with van der Waals surface area (Å²) in [5, 5.41) is 0.767. The maximum Gasteiger partial charge on any atom is 0.215 e. The molecule has 24 heavy (non-hydrogen) atoms. The predicted octanol–water partition coefficient (Wildman–Crippen LogP) is 3.94. The Morgan fingerprint density at radius 3 is 2.42 bits per heavy atom. The average Bonchev–Trinajstić information content (AvgIpc) is 2.55. The van der Waals surface area contributed by atoms with Crippen LogP contribution in [0, 0.1) is 0 Å². The van der Waals surface area contributed by atoms with Gasteiger partial charge in [0.05, 0.1) is 15.8 Å². The largest absolute Gasteiger partial charge is 0.375 e. The lowest BCUT2D eigenvalue weighted by molar-refractivity contribution is 0.578. The maximum atomic E-state index is 12.1. The van der Waals surface area contributed by atoms with Crippen LogP contribution in [0.3, 0.4) is 0 Å². The Bertz CT molecular complexity index is 767. The summed E-state index contributed by atoms with van der Waals surface area (Å²) >= 11 is 11.7. The molecule has 2 rings (SSSR count). The van der Waals surface area contributed by atoms with Crippen molar-refractivity contribution < 1.29 is 8.42 Å². The Morgan fingerprint density at radius 1 is 1.04 bits per heavy atom. The van der Waals surface area contributed by atoms with Gasteiger partial charge in [-0.2, -0.15) is 0 Å². The highest BCUT2D eigenvalue weighted by Crippen LogP contribution is 2.23. The van der Waals surface area contributed by atoms with E-state index in [2.05, 4.69) is 9.62 Å². The summed E-state index contributed by atoms with van der Waals surface area (Å²) in [6.07, 6.45) is 0.714. The van der Waals surface area contributed by atoms with Crippen molar-refractivity contribution in [2.45, 2.75) is 12.2 Å². The second-order valence-electron chi connectivity index (χ2n) is 5.51. The van der Waals surface area contributed by atoms with Gasteiger partial charge >= 0.3 is 0 Å². The summed E-state index contributed by atoms with van der Waals surface area (Å²) in [7, 11) is -1.41. The van der Waals surface area contributed by atoms with Crippen molar-refractivity contribution in [1.29, 1.82) is 0 Å². The minimum absolute atomic E-state index is 0.113. The fourth-order valence-electron chi connectivity index (χ4n) is 2.26. The average molecular weight is 387 g/mol. The number of hydrogen-bond donors (Lipinski definition) is 1. The molecule has 0 amide bonds. The third-order valence-corrected chi connectivity index (χ3v) is 5.63. The van der Waals surface area contributed by atoms with Crippen LogP contribution in [0.5, 0.6) is 0 Å². The Balaban J connectivity index is 1.79. The summed E-state index contributed by atoms with van der Waals surface area (Å²) in [4.78, 5) is 2.09. The Kier molecular flexibility index (Phi) is 6.92. The quantitative estimate of drug-likeness (QED) is 0.698. The molecule has 0 fully saturated rings. The van der Waals surface area contributed by atoms with Gasteiger partial charge in [0.1, 0.15) is 0 Å². The van der Waals surface area contributed by atoms with E-state index in [4.69, 9.17) is 23.2 Å². The number of rotatable bonds is 8. The molecule has 130 valence electrons. The first-order valence-electron chi connectivity index (χ1n) is 7.55. The zero-order valence-electron chi connectivity index (χ0n) is 13.4. The van der Waals surface area contributed by atoms with Gasteiger partial charge in [-0.1, -0.05) is 47.5 Å². The molecule has 0 bridgehead atoms. The standard InChI is InChI=1S/C17H20Cl2N2O2S/c1-21(15-6-3-2-4-7-15)11-5-10-20-24(22,23)13-14-8-9-16(18)17(19)12-14/h2-4,6-9,12,20H,5,10-11,13H2,1H3. The molecule has 0 radical (unpaired) electrons. The molecule has 0 aliphatic carbocycles. The third kappa shape index (κ3) is 5.98. The van der Waals surface area contributed by atoms with Crippen molar-refractivity contribution >= 4 is 38.9 Å². The van der Waals surface area contributed by atoms with Gasteiger partial charge in [0.15, 0.2) is 0 Å². The molecule has 0 heterocycles. The molecule has 7 heteroatoms. The molecule has 0 saturated heterocycles. The molecule has 0 aliphatic heterocycles. The first kappa shape index (κ1) is 19.1. The number of hydrogen-bond acceptors (Lipinski definition) is 3. The molecule has 0 aromatic heterocycles. The summed E-state index contributed by atoms with van der Waals surface area (Å²) in [5.74, 6) is -0.113. The van der Waals surface area contributed by atoms with Crippen molar-refractivity contribution in [3.8, 4) is 0 Å². The molecule has 2 aromatic rings. The molecule has 0 aliphatic rings. The van der Waals surface area contributed by atoms with Crippen LogP contribution in [0.4, 0.5) is 5.69 Å². The van der Waals surface area contributed by atoms with E-state index in [9.17, 15) is 8.42 Å². The van der Waals surface area contributed by atoms with Gasteiger partial charge in [-0.25, -0.2) is 13.1 Å². The Labute approximate surface area is 153 Å². The van der Waals surface area contributed by atoms with Gasteiger partial charge in [-0.3, -0.25) is 0 Å². The lowest BCUT2D eigenvalue weighted by Crippen LogP contribution is -2.29. The van der Waals surface area contributed by atoms with Crippen LogP contribution in [0.25, 0.3) is 0 Å². The zero-order chi connectivity index (χ0) is 17.6. The third-order valence-electron chi connectivity index (χ3n) is 3.53. The first-order chi connectivity index (χ1) is 11.4. The van der Waals surface area contributed by atoms with Crippen LogP contribution in [0.15, 0.2) is 48.5 Å². The molecular weight excluding hydrogens is 367 g/mol. The fraction of sp³-hybridized carbons (Fsp3) is 0.294. The highest BCUT2D eigenvalue weighted by atomic mass is 35.5. The van der Waals surface area contributed by atoms with Crippen molar-refractivity contribution in [3.05, 3.63) is 64.1 Å². The maximum absolute atomic E-state index is 12.1. The minimum Gasteiger partial charge on any atom is -0.375 e. The highest BCUT2D eigenvalue weighted by molar-refractivity contribution is 7.88. The molecule has 0 atom stereocenters. The Hall–Kier alpha value is -1.27. The van der Waals surface area contributed by atoms with Gasteiger partial charge in [0.25, 0.3) is 0 Å². The molecule has 1 N–H and O–H groups in total. The number of halogens is 2. The van der Waals surface area contributed by atoms with Crippen molar-refractivity contribution in [1.82, 2.24) is 4.72 Å². The number of para-hydroxylation sites is 1. The number of nitrogens with zero attached hydrogens (tertiary/aromatic N) is 1. The lowest BCUT2D eigenvalue weighted by Gasteiger charge is -2.19. The van der Waals surface area contributed by atoms with Crippen molar-refractivity contribution in [2.24, 2.45) is 0 Å². The fourth-order valence-corrected chi connectivity index (χ4v) is 3.75. The number of sulfonamides is 1. The van der Waals surface area contributed by atoms with E-state index in [0.29, 0.717) is 28.6 Å². The monoisotopic (exact) mass is 386 g/mol. The highest BCUT2D eigenvalue weighted by Gasteiger charge is 2.12. The van der Waals surface area contributed by atoms with Crippen LogP contribution >= 0.6 is 23.2 Å². The number of anilines is 1. The summed E-state index contributed by atoms with van der Waals surface area (Å²) in [6.45, 7) is 1.15. The summed E-state index contributed by atoms with van der Waals surface area (Å²) < 4.78 is 26.8. The van der Waals surface area contributed by atoms with Gasteiger partial charge in [-0.15, -0.1) is 0 Å². The van der Waals surface area contributed by atoms with E-state index in [1.54, 1.807) is 18.2 Å². The first-order valence-corrected chi connectivity index (χ1v) is 9.96. The van der Waals surface area contributed by atoms with Crippen molar-refractivity contribution in [2.75, 3.05) is 25.0 Å². The summed E-state index contributed by atoms with van der Waals surface area (Å²) in [5.41, 5.74) is 1.72. The van der Waals surface area contributed by atoms with Gasteiger partial charge in [-0.05, 0) is 36.2 Å². The van der Waals surface area contributed by atoms with Crippen LogP contribution in [-0.2, 0) is 15.8 Å². The summed E-state index contributed by atoms with van der Waals surface area (Å²) in [6, 6.07) is 14.8. The van der Waals surface area contributed by atoms with E-state index >= 15 is 0 Å². The second kappa shape index (κ2) is 8.72. The van der Waals surface area contributed by atoms with Gasteiger partial charge in [0, 0.05) is 25.8 Å². The van der Waals surface area contributed by atoms with E-state index in [1.165, 1.54) is 0 Å². The van der Waals surface area contributed by atoms with Gasteiger partial charge in [0.2, 0.25) is 10.0 Å². The molecule has 0 spiro atoms. The molecule has 0 saturated carbocycles. The zero-order valence-corrected chi connectivity index (χ0v) is 15.7. The van der Waals surface area contributed by atoms with E-state index in [1.807, 2.05) is 37.4 Å². The predicted molar refractivity (Wildman–Crippen MR) is 101 cm³/mol.